The van der Waals surface area contributed by atoms with E-state index in [-0.39, 0.29) is 44.5 Å². The largest absolute Gasteiger partial charge is 0.497 e. The van der Waals surface area contributed by atoms with Gasteiger partial charge in [-0.2, -0.15) is 0 Å². The number of hydrogen-bond donors (Lipinski definition) is 1. The zero-order valence-electron chi connectivity index (χ0n) is 25.0. The zero-order chi connectivity index (χ0) is 32.9. The number of nitro groups is 1. The van der Waals surface area contributed by atoms with Crippen LogP contribution in [0.3, 0.4) is 0 Å². The van der Waals surface area contributed by atoms with Gasteiger partial charge in [0.1, 0.15) is 18.3 Å². The predicted molar refractivity (Wildman–Crippen MR) is 172 cm³/mol. The van der Waals surface area contributed by atoms with Gasteiger partial charge in [0.25, 0.3) is 15.7 Å². The number of methoxy groups -OCH3 is 1. The molecule has 11 nitrogen and oxygen atoms in total. The van der Waals surface area contributed by atoms with E-state index in [1.165, 1.54) is 55.3 Å². The standard InChI is InChI=1S/C31H34Cl2N4O7S/c1-20-11-16-25(17-29(20)37(40)41)45(42,43)36(23-12-14-24(44-3)15-13-23)19-30(38)35(18-26-27(32)9-6-10-28(26)33)21(2)31(39)34-22-7-4-5-8-22/h6,9-17,21-22H,4-5,7-8,18-19H2,1-3H3,(H,34,39)/t21-/m0/s1. The SMILES string of the molecule is COc1ccc(N(CC(=O)N(Cc2c(Cl)cccc2Cl)[C@@H](C)C(=O)NC2CCCC2)S(=O)(=O)c2ccc(C)c([N+](=O)[O-])c2)cc1. The Morgan fingerprint density at radius 2 is 1.69 bits per heavy atom. The lowest BCUT2D eigenvalue weighted by Gasteiger charge is -2.33. The molecule has 0 aromatic heterocycles. The summed E-state index contributed by atoms with van der Waals surface area (Å²) in [6.45, 7) is 2.14. The van der Waals surface area contributed by atoms with Crippen LogP contribution in [0.4, 0.5) is 11.4 Å². The number of amides is 2. The average molecular weight is 678 g/mol. The minimum Gasteiger partial charge on any atom is -0.497 e. The van der Waals surface area contributed by atoms with Crippen molar-refractivity contribution in [1.29, 1.82) is 0 Å². The molecule has 3 aromatic rings. The normalized spacial score (nSPS) is 14.1. The molecule has 3 aromatic carbocycles. The molecule has 0 spiro atoms. The number of nitrogens with one attached hydrogen (secondary N) is 1. The number of ether oxygens (including phenoxy) is 1. The van der Waals surface area contributed by atoms with Gasteiger partial charge in [0.15, 0.2) is 0 Å². The molecule has 1 N–H and O–H groups in total. The third-order valence-electron chi connectivity index (χ3n) is 7.86. The fourth-order valence-electron chi connectivity index (χ4n) is 5.18. The summed E-state index contributed by atoms with van der Waals surface area (Å²) in [6.07, 6.45) is 3.63. The molecule has 0 aliphatic heterocycles. The number of benzene rings is 3. The smallest absolute Gasteiger partial charge is 0.273 e. The first-order valence-electron chi connectivity index (χ1n) is 14.3. The Morgan fingerprint density at radius 1 is 1.07 bits per heavy atom. The van der Waals surface area contributed by atoms with E-state index in [9.17, 15) is 28.1 Å². The highest BCUT2D eigenvalue weighted by atomic mass is 35.5. The van der Waals surface area contributed by atoms with Gasteiger partial charge in [0.2, 0.25) is 11.8 Å². The van der Waals surface area contributed by atoms with Crippen LogP contribution < -0.4 is 14.4 Å². The van der Waals surface area contributed by atoms with Crippen LogP contribution in [0, 0.1) is 17.0 Å². The Bertz CT molecular complexity index is 1660. The Balaban J connectivity index is 1.76. The summed E-state index contributed by atoms with van der Waals surface area (Å²) < 4.78 is 34.3. The van der Waals surface area contributed by atoms with Crippen molar-refractivity contribution in [3.8, 4) is 5.75 Å². The van der Waals surface area contributed by atoms with E-state index in [2.05, 4.69) is 5.32 Å². The molecular formula is C31H34Cl2N4O7S. The van der Waals surface area contributed by atoms with Crippen molar-refractivity contribution in [2.24, 2.45) is 0 Å². The first-order valence-corrected chi connectivity index (χ1v) is 16.5. The summed E-state index contributed by atoms with van der Waals surface area (Å²) in [6, 6.07) is 13.3. The van der Waals surface area contributed by atoms with E-state index < -0.39 is 39.3 Å². The van der Waals surface area contributed by atoms with E-state index in [1.54, 1.807) is 25.1 Å². The van der Waals surface area contributed by atoms with Crippen LogP contribution in [0.1, 0.15) is 43.7 Å². The van der Waals surface area contributed by atoms with Gasteiger partial charge in [-0.15, -0.1) is 0 Å². The molecule has 1 aliphatic rings. The van der Waals surface area contributed by atoms with E-state index in [4.69, 9.17) is 27.9 Å². The lowest BCUT2D eigenvalue weighted by atomic mass is 10.1. The molecule has 14 heteroatoms. The minimum atomic E-state index is -4.54. The summed E-state index contributed by atoms with van der Waals surface area (Å²) in [5, 5.41) is 15.2. The molecule has 0 saturated heterocycles. The third kappa shape index (κ3) is 7.86. The average Bonchev–Trinajstić information content (AvgIpc) is 3.52. The highest BCUT2D eigenvalue weighted by molar-refractivity contribution is 7.92. The Morgan fingerprint density at radius 3 is 2.27 bits per heavy atom. The molecule has 1 fully saturated rings. The van der Waals surface area contributed by atoms with Crippen LogP contribution in [0.2, 0.25) is 10.0 Å². The maximum atomic E-state index is 14.2. The maximum Gasteiger partial charge on any atom is 0.273 e. The molecule has 0 unspecified atom stereocenters. The van der Waals surface area contributed by atoms with Gasteiger partial charge in [-0.05, 0) is 69.2 Å². The van der Waals surface area contributed by atoms with Crippen LogP contribution >= 0.6 is 23.2 Å². The monoisotopic (exact) mass is 676 g/mol. The molecule has 0 heterocycles. The number of halogens is 2. The number of sulfonamides is 1. The maximum absolute atomic E-state index is 14.2. The number of nitrogens with zero attached hydrogens (tertiary/aromatic N) is 3. The highest BCUT2D eigenvalue weighted by Crippen LogP contribution is 2.31. The van der Waals surface area contributed by atoms with Crippen LogP contribution in [0.15, 0.2) is 65.6 Å². The van der Waals surface area contributed by atoms with Gasteiger partial charge < -0.3 is 15.0 Å². The molecular weight excluding hydrogens is 643 g/mol. The van der Waals surface area contributed by atoms with Gasteiger partial charge in [-0.3, -0.25) is 24.0 Å². The van der Waals surface area contributed by atoms with Crippen molar-refractivity contribution < 1.29 is 27.7 Å². The topological polar surface area (TPSA) is 139 Å². The van der Waals surface area contributed by atoms with E-state index in [0.29, 0.717) is 11.3 Å². The minimum absolute atomic E-state index is 0.0192. The van der Waals surface area contributed by atoms with Gasteiger partial charge in [-0.1, -0.05) is 48.2 Å². The third-order valence-corrected chi connectivity index (χ3v) is 10.3. The Kier molecular flexibility index (Phi) is 10.9. The number of rotatable bonds is 12. The van der Waals surface area contributed by atoms with Gasteiger partial charge in [0, 0.05) is 39.8 Å². The van der Waals surface area contributed by atoms with E-state index in [1.807, 2.05) is 0 Å². The van der Waals surface area contributed by atoms with Crippen molar-refractivity contribution in [3.05, 3.63) is 92.0 Å². The zero-order valence-corrected chi connectivity index (χ0v) is 27.4. The molecule has 1 aliphatic carbocycles. The van der Waals surface area contributed by atoms with Gasteiger partial charge >= 0.3 is 0 Å². The Labute approximate surface area is 272 Å². The predicted octanol–water partition coefficient (Wildman–Crippen LogP) is 5.89. The number of carbonyl (C=O) groups excluding carboxylic acids is 2. The van der Waals surface area contributed by atoms with Crippen LogP contribution in [-0.2, 0) is 26.2 Å². The molecule has 1 atom stereocenters. The van der Waals surface area contributed by atoms with Crippen LogP contribution in [0.5, 0.6) is 5.75 Å². The highest BCUT2D eigenvalue weighted by Gasteiger charge is 2.34. The van der Waals surface area contributed by atoms with Crippen LogP contribution in [-0.4, -0.2) is 55.8 Å². The van der Waals surface area contributed by atoms with Gasteiger partial charge in [-0.25, -0.2) is 8.42 Å². The second-order valence-corrected chi connectivity index (χ2v) is 13.5. The molecule has 0 bridgehead atoms. The molecule has 1 saturated carbocycles. The van der Waals surface area contributed by atoms with E-state index in [0.717, 1.165) is 36.1 Å². The number of aryl methyl sites for hydroxylation is 1. The molecule has 0 radical (unpaired) electrons. The second kappa shape index (κ2) is 14.5. The van der Waals surface area contributed by atoms with Crippen molar-refractivity contribution in [2.45, 2.75) is 63.1 Å². The van der Waals surface area contributed by atoms with E-state index >= 15 is 0 Å². The lowest BCUT2D eigenvalue weighted by molar-refractivity contribution is -0.385. The number of carbonyl (C=O) groups is 2. The summed E-state index contributed by atoms with van der Waals surface area (Å²) in [4.78, 5) is 39.4. The molecule has 240 valence electrons. The lowest BCUT2D eigenvalue weighted by Crippen LogP contribution is -2.52. The fraction of sp³-hybridized carbons (Fsp3) is 0.355. The second-order valence-electron chi connectivity index (χ2n) is 10.8. The summed E-state index contributed by atoms with van der Waals surface area (Å²) >= 11 is 12.9. The Hall–Kier alpha value is -3.87. The molecule has 2 amide bonds. The number of anilines is 1. The van der Waals surface area contributed by atoms with Crippen LogP contribution in [0.25, 0.3) is 0 Å². The van der Waals surface area contributed by atoms with Crippen molar-refractivity contribution in [1.82, 2.24) is 10.2 Å². The first kappa shape index (κ1) is 34.0. The summed E-state index contributed by atoms with van der Waals surface area (Å²) in [7, 11) is -3.09. The van der Waals surface area contributed by atoms with Gasteiger partial charge in [0.05, 0.1) is 22.6 Å². The molecule has 4 rings (SSSR count). The fourth-order valence-corrected chi connectivity index (χ4v) is 7.13. The molecule has 45 heavy (non-hydrogen) atoms. The van der Waals surface area contributed by atoms with Crippen molar-refractivity contribution in [2.75, 3.05) is 18.0 Å². The summed E-state index contributed by atoms with van der Waals surface area (Å²) in [5.41, 5.74) is 0.383. The quantitative estimate of drug-likeness (QED) is 0.186. The number of nitro benzene ring substituents is 1. The first-order chi connectivity index (χ1) is 21.3. The van der Waals surface area contributed by atoms with Crippen molar-refractivity contribution >= 4 is 56.4 Å². The summed E-state index contributed by atoms with van der Waals surface area (Å²) in [5.74, 6) is -0.673. The van der Waals surface area contributed by atoms with Crippen molar-refractivity contribution in [3.63, 3.8) is 0 Å². The number of hydrogen-bond acceptors (Lipinski definition) is 7.